The third-order valence-electron chi connectivity index (χ3n) is 2.65. The molecule has 0 aromatic heterocycles. The predicted octanol–water partition coefficient (Wildman–Crippen LogP) is 3.93. The molecule has 0 fully saturated rings. The Labute approximate surface area is 141 Å². The molecule has 7 heteroatoms. The summed E-state index contributed by atoms with van der Waals surface area (Å²) in [6, 6.07) is 6.88. The number of ether oxygens (including phenoxy) is 2. The highest BCUT2D eigenvalue weighted by Crippen LogP contribution is 2.25. The first kappa shape index (κ1) is 17.7. The topological polar surface area (TPSA) is 38.8 Å². The second kappa shape index (κ2) is 8.14. The van der Waals surface area contributed by atoms with Crippen LogP contribution in [0.15, 0.2) is 24.3 Å². The normalized spacial score (nSPS) is 15.1. The van der Waals surface area contributed by atoms with Crippen molar-refractivity contribution in [3.05, 3.63) is 24.3 Å². The van der Waals surface area contributed by atoms with E-state index in [-0.39, 0.29) is 15.0 Å². The molecule has 112 valence electrons. The number of methoxy groups -OCH3 is 1. The van der Waals surface area contributed by atoms with Crippen molar-refractivity contribution in [1.82, 2.24) is 4.90 Å². The van der Waals surface area contributed by atoms with Crippen molar-refractivity contribution >= 4 is 50.6 Å². The van der Waals surface area contributed by atoms with Gasteiger partial charge < -0.3 is 9.47 Å². The third kappa shape index (κ3) is 4.86. The van der Waals surface area contributed by atoms with Gasteiger partial charge in [-0.1, -0.05) is 44.8 Å². The van der Waals surface area contributed by atoms with Crippen LogP contribution in [0, 0.1) is 0 Å². The number of halogens is 2. The average Bonchev–Trinajstić information content (AvgIpc) is 2.44. The first-order chi connectivity index (χ1) is 9.36. The number of thiol groups is 1. The van der Waals surface area contributed by atoms with E-state index < -0.39 is 6.09 Å². The zero-order chi connectivity index (χ0) is 15.3. The summed E-state index contributed by atoms with van der Waals surface area (Å²) in [5, 5.41) is -0.317. The van der Waals surface area contributed by atoms with Crippen LogP contribution in [0.25, 0.3) is 0 Å². The molecule has 1 rings (SSSR count). The van der Waals surface area contributed by atoms with Crippen molar-refractivity contribution < 1.29 is 14.3 Å². The van der Waals surface area contributed by atoms with Crippen molar-refractivity contribution in [2.24, 2.45) is 0 Å². The van der Waals surface area contributed by atoms with Gasteiger partial charge in [0.2, 0.25) is 0 Å². The number of alkyl halides is 2. The molecule has 0 aliphatic rings. The maximum Gasteiger partial charge on any atom is 0.415 e. The highest BCUT2D eigenvalue weighted by molar-refractivity contribution is 9.12. The molecular weight excluding hydrogens is 410 g/mol. The van der Waals surface area contributed by atoms with Crippen LogP contribution < -0.4 is 9.47 Å². The highest BCUT2D eigenvalue weighted by Gasteiger charge is 2.27. The summed E-state index contributed by atoms with van der Waals surface area (Å²) in [7, 11) is 3.20. The molecule has 0 aliphatic heterocycles. The standard InChI is InChI=1S/C13H17Br2NO3S/c1-8(14)11(15)12(20)16(2)13(17)19-10-6-4-5-9(7-10)18-3/h4-8,11-12,20H,1-3H3. The van der Waals surface area contributed by atoms with E-state index in [1.165, 1.54) is 4.90 Å². The van der Waals surface area contributed by atoms with Crippen molar-refractivity contribution in [3.63, 3.8) is 0 Å². The smallest absolute Gasteiger partial charge is 0.415 e. The molecule has 1 aromatic carbocycles. The largest absolute Gasteiger partial charge is 0.497 e. The molecule has 0 N–H and O–H groups in total. The Balaban J connectivity index is 2.70. The minimum absolute atomic E-state index is 0.00584. The first-order valence-electron chi connectivity index (χ1n) is 5.91. The lowest BCUT2D eigenvalue weighted by atomic mass is 10.3. The molecule has 0 bridgehead atoms. The highest BCUT2D eigenvalue weighted by atomic mass is 79.9. The van der Waals surface area contributed by atoms with Crippen LogP contribution in [0.4, 0.5) is 4.79 Å². The second-order valence-electron chi connectivity index (χ2n) is 4.19. The molecule has 0 heterocycles. The lowest BCUT2D eigenvalue weighted by Gasteiger charge is -2.28. The van der Waals surface area contributed by atoms with E-state index in [9.17, 15) is 4.79 Å². The van der Waals surface area contributed by atoms with Gasteiger partial charge in [0, 0.05) is 17.9 Å². The second-order valence-corrected chi connectivity index (χ2v) is 7.22. The van der Waals surface area contributed by atoms with E-state index in [0.717, 1.165) is 0 Å². The minimum Gasteiger partial charge on any atom is -0.497 e. The molecule has 3 unspecified atom stereocenters. The van der Waals surface area contributed by atoms with Crippen LogP contribution in [0.5, 0.6) is 11.5 Å². The Morgan fingerprint density at radius 3 is 2.50 bits per heavy atom. The summed E-state index contributed by atoms with van der Waals surface area (Å²) in [6.45, 7) is 1.98. The average molecular weight is 427 g/mol. The Hall–Kier alpha value is -0.400. The fourth-order valence-electron chi connectivity index (χ4n) is 1.40. The number of carbonyl (C=O) groups excluding carboxylic acids is 1. The molecule has 20 heavy (non-hydrogen) atoms. The number of rotatable bonds is 5. The van der Waals surface area contributed by atoms with Crippen molar-refractivity contribution in [1.29, 1.82) is 0 Å². The van der Waals surface area contributed by atoms with E-state index in [2.05, 4.69) is 44.5 Å². The van der Waals surface area contributed by atoms with E-state index >= 15 is 0 Å². The quantitative estimate of drug-likeness (QED) is 0.440. The Kier molecular flexibility index (Phi) is 7.19. The number of nitrogens with zero attached hydrogens (tertiary/aromatic N) is 1. The number of hydrogen-bond acceptors (Lipinski definition) is 4. The van der Waals surface area contributed by atoms with Crippen LogP contribution in [0.3, 0.4) is 0 Å². The van der Waals surface area contributed by atoms with Gasteiger partial charge in [-0.05, 0) is 12.1 Å². The van der Waals surface area contributed by atoms with Gasteiger partial charge in [0.15, 0.2) is 0 Å². The number of amides is 1. The SMILES string of the molecule is COc1cccc(OC(=O)N(C)C(S)C(Br)C(C)Br)c1. The molecule has 1 amide bonds. The van der Waals surface area contributed by atoms with Gasteiger partial charge in [0.25, 0.3) is 0 Å². The molecule has 1 aromatic rings. The van der Waals surface area contributed by atoms with E-state index in [4.69, 9.17) is 9.47 Å². The van der Waals surface area contributed by atoms with Gasteiger partial charge in [-0.3, -0.25) is 4.90 Å². The molecule has 3 atom stereocenters. The Morgan fingerprint density at radius 2 is 1.95 bits per heavy atom. The molecule has 0 saturated heterocycles. The van der Waals surface area contributed by atoms with E-state index in [0.29, 0.717) is 11.5 Å². The van der Waals surface area contributed by atoms with Gasteiger partial charge in [-0.25, -0.2) is 4.79 Å². The lowest BCUT2D eigenvalue weighted by Crippen LogP contribution is -2.42. The lowest BCUT2D eigenvalue weighted by molar-refractivity contribution is 0.159. The van der Waals surface area contributed by atoms with Crippen LogP contribution >= 0.6 is 44.5 Å². The Bertz CT molecular complexity index is 459. The van der Waals surface area contributed by atoms with Gasteiger partial charge >= 0.3 is 6.09 Å². The van der Waals surface area contributed by atoms with Crippen LogP contribution in [-0.4, -0.2) is 40.2 Å². The van der Waals surface area contributed by atoms with Crippen molar-refractivity contribution in [2.45, 2.75) is 22.0 Å². The summed E-state index contributed by atoms with van der Waals surface area (Å²) in [4.78, 5) is 13.6. The van der Waals surface area contributed by atoms with Gasteiger partial charge in [-0.2, -0.15) is 12.6 Å². The van der Waals surface area contributed by atoms with Crippen LogP contribution in [0.1, 0.15) is 6.92 Å². The van der Waals surface area contributed by atoms with Gasteiger partial charge in [-0.15, -0.1) is 0 Å². The zero-order valence-electron chi connectivity index (χ0n) is 11.4. The summed E-state index contributed by atoms with van der Waals surface area (Å²) < 4.78 is 10.4. The Morgan fingerprint density at radius 1 is 1.35 bits per heavy atom. The molecule has 4 nitrogen and oxygen atoms in total. The van der Waals surface area contributed by atoms with E-state index in [1.54, 1.807) is 38.4 Å². The van der Waals surface area contributed by atoms with Crippen LogP contribution in [0.2, 0.25) is 0 Å². The monoisotopic (exact) mass is 425 g/mol. The number of benzene rings is 1. The number of hydrogen-bond donors (Lipinski definition) is 1. The molecular formula is C13H17Br2NO3S. The van der Waals surface area contributed by atoms with E-state index in [1.807, 2.05) is 6.92 Å². The third-order valence-corrected chi connectivity index (χ3v) is 6.30. The first-order valence-corrected chi connectivity index (χ1v) is 8.26. The predicted molar refractivity (Wildman–Crippen MR) is 90.7 cm³/mol. The summed E-state index contributed by atoms with van der Waals surface area (Å²) >= 11 is 11.4. The van der Waals surface area contributed by atoms with Crippen molar-refractivity contribution in [3.8, 4) is 11.5 Å². The van der Waals surface area contributed by atoms with Crippen molar-refractivity contribution in [2.75, 3.05) is 14.2 Å². The van der Waals surface area contributed by atoms with Gasteiger partial charge in [0.1, 0.15) is 11.5 Å². The van der Waals surface area contributed by atoms with Gasteiger partial charge in [0.05, 0.1) is 17.3 Å². The zero-order valence-corrected chi connectivity index (χ0v) is 15.5. The molecule has 0 saturated carbocycles. The maximum absolute atomic E-state index is 12.1. The molecule has 0 radical (unpaired) electrons. The summed E-state index contributed by atoms with van der Waals surface area (Å²) in [6.07, 6.45) is -0.476. The maximum atomic E-state index is 12.1. The minimum atomic E-state index is -0.476. The molecule has 0 aliphatic carbocycles. The number of carbonyl (C=O) groups is 1. The fraction of sp³-hybridized carbons (Fsp3) is 0.462. The summed E-state index contributed by atoms with van der Waals surface area (Å²) in [5.41, 5.74) is 0. The molecule has 0 spiro atoms. The summed E-state index contributed by atoms with van der Waals surface area (Å²) in [5.74, 6) is 1.06. The van der Waals surface area contributed by atoms with Crippen LogP contribution in [-0.2, 0) is 0 Å². The fourth-order valence-corrected chi connectivity index (χ4v) is 2.63.